The molecule has 0 aliphatic heterocycles. The molecule has 1 aliphatic rings. The number of aryl methyl sites for hydroxylation is 1. The van der Waals surface area contributed by atoms with E-state index in [0.29, 0.717) is 5.92 Å². The summed E-state index contributed by atoms with van der Waals surface area (Å²) >= 11 is 2.96. The van der Waals surface area contributed by atoms with Gasteiger partial charge in [0.1, 0.15) is 5.54 Å². The predicted octanol–water partition coefficient (Wildman–Crippen LogP) is 4.02. The van der Waals surface area contributed by atoms with Crippen LogP contribution in [0.4, 0.5) is 0 Å². The Labute approximate surface area is 150 Å². The molecular weight excluding hydrogens is 338 g/mol. The third-order valence-corrected chi connectivity index (χ3v) is 6.20. The lowest BCUT2D eigenvalue weighted by Crippen LogP contribution is -2.47. The highest BCUT2D eigenvalue weighted by atomic mass is 32.2. The van der Waals surface area contributed by atoms with E-state index >= 15 is 0 Å². The van der Waals surface area contributed by atoms with Crippen molar-refractivity contribution in [3.63, 3.8) is 0 Å². The second kappa shape index (κ2) is 6.96. The summed E-state index contributed by atoms with van der Waals surface area (Å²) in [6.45, 7) is 3.87. The van der Waals surface area contributed by atoms with Gasteiger partial charge in [0.05, 0.1) is 17.5 Å². The third-order valence-electron chi connectivity index (χ3n) is 4.18. The molecule has 1 saturated carbocycles. The van der Waals surface area contributed by atoms with Crippen LogP contribution in [-0.4, -0.2) is 22.2 Å². The van der Waals surface area contributed by atoms with E-state index in [1.165, 1.54) is 28.7 Å². The number of thiazole rings is 1. The van der Waals surface area contributed by atoms with Gasteiger partial charge in [0.2, 0.25) is 5.91 Å². The normalized spacial score (nSPS) is 16.2. The molecule has 1 fully saturated rings. The van der Waals surface area contributed by atoms with Crippen molar-refractivity contribution in [2.24, 2.45) is 5.92 Å². The topological polar surface area (TPSA) is 65.8 Å². The van der Waals surface area contributed by atoms with Crippen LogP contribution < -0.4 is 5.32 Å². The zero-order valence-electron chi connectivity index (χ0n) is 13.7. The fraction of sp³-hybridized carbons (Fsp3) is 0.389. The third kappa shape index (κ3) is 3.97. The van der Waals surface area contributed by atoms with E-state index in [-0.39, 0.29) is 11.7 Å². The van der Waals surface area contributed by atoms with Gasteiger partial charge in [-0.05, 0) is 32.6 Å². The Balaban J connectivity index is 1.56. The van der Waals surface area contributed by atoms with Crippen molar-refractivity contribution in [2.45, 2.75) is 36.6 Å². The number of carbonyl (C=O) groups excluding carboxylic acids is 1. The Morgan fingerprint density at radius 2 is 2.17 bits per heavy atom. The molecule has 1 unspecified atom stereocenters. The minimum atomic E-state index is -0.729. The van der Waals surface area contributed by atoms with E-state index in [0.717, 1.165) is 28.4 Å². The Bertz CT molecular complexity index is 774. The second-order valence-electron chi connectivity index (χ2n) is 6.29. The monoisotopic (exact) mass is 357 g/mol. The molecule has 2 aromatic rings. The van der Waals surface area contributed by atoms with Gasteiger partial charge in [-0.2, -0.15) is 5.26 Å². The zero-order valence-corrected chi connectivity index (χ0v) is 15.3. The van der Waals surface area contributed by atoms with E-state index in [1.54, 1.807) is 0 Å². The highest BCUT2D eigenvalue weighted by Crippen LogP contribution is 2.39. The van der Waals surface area contributed by atoms with Crippen LogP contribution in [0.15, 0.2) is 34.0 Å². The minimum Gasteiger partial charge on any atom is -0.337 e. The molecule has 0 radical (unpaired) electrons. The highest BCUT2D eigenvalue weighted by molar-refractivity contribution is 8.01. The minimum absolute atomic E-state index is 0.108. The summed E-state index contributed by atoms with van der Waals surface area (Å²) in [5.74, 6) is 0.470. The maximum absolute atomic E-state index is 12.1. The lowest BCUT2D eigenvalue weighted by molar-refractivity contribution is -0.119. The van der Waals surface area contributed by atoms with Gasteiger partial charge in [0, 0.05) is 10.9 Å². The molecule has 6 heteroatoms. The first-order valence-electron chi connectivity index (χ1n) is 7.88. The molecule has 1 atom stereocenters. The van der Waals surface area contributed by atoms with Gasteiger partial charge in [-0.25, -0.2) is 4.98 Å². The Hall–Kier alpha value is -1.84. The maximum atomic E-state index is 12.1. The maximum Gasteiger partial charge on any atom is 0.231 e. The molecule has 0 saturated heterocycles. The predicted molar refractivity (Wildman–Crippen MR) is 97.9 cm³/mol. The number of amides is 1. The number of aromatic nitrogens is 1. The van der Waals surface area contributed by atoms with Crippen LogP contribution in [0.1, 0.15) is 25.3 Å². The SMILES string of the molecule is Cc1ccc(-c2csc(SCC(=O)NC(C)(C#N)C3CC3)n2)cc1. The molecule has 24 heavy (non-hydrogen) atoms. The van der Waals surface area contributed by atoms with Crippen molar-refractivity contribution >= 4 is 29.0 Å². The quantitative estimate of drug-likeness (QED) is 0.793. The molecule has 3 rings (SSSR count). The van der Waals surface area contributed by atoms with E-state index in [2.05, 4.69) is 47.6 Å². The fourth-order valence-corrected chi connectivity index (χ4v) is 4.15. The molecule has 1 aromatic heterocycles. The van der Waals surface area contributed by atoms with Gasteiger partial charge in [0.15, 0.2) is 4.34 Å². The number of nitrogens with zero attached hydrogens (tertiary/aromatic N) is 2. The lowest BCUT2D eigenvalue weighted by Gasteiger charge is -2.22. The van der Waals surface area contributed by atoms with Crippen LogP contribution >= 0.6 is 23.1 Å². The van der Waals surface area contributed by atoms with Crippen LogP contribution in [-0.2, 0) is 4.79 Å². The number of nitrogens with one attached hydrogen (secondary N) is 1. The van der Waals surface area contributed by atoms with E-state index in [9.17, 15) is 10.1 Å². The first-order chi connectivity index (χ1) is 11.5. The van der Waals surface area contributed by atoms with Gasteiger partial charge in [-0.15, -0.1) is 11.3 Å². The van der Waals surface area contributed by atoms with E-state index in [1.807, 2.05) is 12.3 Å². The van der Waals surface area contributed by atoms with E-state index < -0.39 is 5.54 Å². The average Bonchev–Trinajstić information content (AvgIpc) is 3.33. The van der Waals surface area contributed by atoms with Gasteiger partial charge >= 0.3 is 0 Å². The number of benzene rings is 1. The summed E-state index contributed by atoms with van der Waals surface area (Å²) in [5, 5.41) is 14.2. The molecule has 1 N–H and O–H groups in total. The van der Waals surface area contributed by atoms with Gasteiger partial charge in [-0.3, -0.25) is 4.79 Å². The largest absolute Gasteiger partial charge is 0.337 e. The summed E-state index contributed by atoms with van der Waals surface area (Å²) in [6, 6.07) is 10.5. The van der Waals surface area contributed by atoms with Crippen molar-refractivity contribution in [2.75, 3.05) is 5.75 Å². The van der Waals surface area contributed by atoms with Crippen LogP contribution in [0.3, 0.4) is 0 Å². The first kappa shape index (κ1) is 17.0. The molecule has 124 valence electrons. The highest BCUT2D eigenvalue weighted by Gasteiger charge is 2.42. The van der Waals surface area contributed by atoms with Crippen LogP contribution in [0.5, 0.6) is 0 Å². The second-order valence-corrected chi connectivity index (χ2v) is 8.37. The Morgan fingerprint density at radius 3 is 2.79 bits per heavy atom. The number of carbonyl (C=O) groups is 1. The number of hydrogen-bond donors (Lipinski definition) is 1. The molecule has 0 spiro atoms. The van der Waals surface area contributed by atoms with Crippen molar-refractivity contribution in [3.05, 3.63) is 35.2 Å². The number of thioether (sulfide) groups is 1. The van der Waals surface area contributed by atoms with E-state index in [4.69, 9.17) is 0 Å². The molecular formula is C18H19N3OS2. The molecule has 1 heterocycles. The fourth-order valence-electron chi connectivity index (χ4n) is 2.52. The summed E-state index contributed by atoms with van der Waals surface area (Å²) < 4.78 is 0.866. The molecule has 1 amide bonds. The van der Waals surface area contributed by atoms with Gasteiger partial charge < -0.3 is 5.32 Å². The summed E-state index contributed by atoms with van der Waals surface area (Å²) in [4.78, 5) is 16.7. The molecule has 4 nitrogen and oxygen atoms in total. The summed E-state index contributed by atoms with van der Waals surface area (Å²) in [7, 11) is 0. The first-order valence-corrected chi connectivity index (χ1v) is 9.74. The molecule has 1 aliphatic carbocycles. The number of hydrogen-bond acceptors (Lipinski definition) is 5. The molecule has 0 bridgehead atoms. The standard InChI is InChI=1S/C18H19N3OS2/c1-12-3-5-13(6-4-12)15-9-23-17(20-15)24-10-16(22)21-18(2,11-19)14-7-8-14/h3-6,9,14H,7-8,10H2,1-2H3,(H,21,22). The zero-order chi connectivity index (χ0) is 17.2. The van der Waals surface area contributed by atoms with Crippen molar-refractivity contribution < 1.29 is 4.79 Å². The van der Waals surface area contributed by atoms with Crippen LogP contribution in [0.2, 0.25) is 0 Å². The summed E-state index contributed by atoms with van der Waals surface area (Å²) in [6.07, 6.45) is 2.04. The summed E-state index contributed by atoms with van der Waals surface area (Å²) in [5.41, 5.74) is 2.51. The van der Waals surface area contributed by atoms with Crippen molar-refractivity contribution in [3.8, 4) is 17.3 Å². The molecule has 1 aromatic carbocycles. The van der Waals surface area contributed by atoms with Crippen LogP contribution in [0.25, 0.3) is 11.3 Å². The van der Waals surface area contributed by atoms with Crippen molar-refractivity contribution in [1.29, 1.82) is 5.26 Å². The van der Waals surface area contributed by atoms with Crippen molar-refractivity contribution in [1.82, 2.24) is 10.3 Å². The smallest absolute Gasteiger partial charge is 0.231 e. The average molecular weight is 358 g/mol. The van der Waals surface area contributed by atoms with Gasteiger partial charge in [-0.1, -0.05) is 41.6 Å². The van der Waals surface area contributed by atoms with Gasteiger partial charge in [0.25, 0.3) is 0 Å². The lowest BCUT2D eigenvalue weighted by atomic mass is 9.98. The number of nitriles is 1. The van der Waals surface area contributed by atoms with Crippen LogP contribution in [0, 0.1) is 24.2 Å². The Kier molecular flexibility index (Phi) is 4.93. The number of rotatable bonds is 6. The Morgan fingerprint density at radius 1 is 1.46 bits per heavy atom.